The molecule has 0 bridgehead atoms. The van der Waals surface area contributed by atoms with Gasteiger partial charge in [0, 0.05) is 11.1 Å². The number of hydrogen-bond donors (Lipinski definition) is 0. The lowest BCUT2D eigenvalue weighted by atomic mass is 10.0. The van der Waals surface area contributed by atoms with Crippen molar-refractivity contribution in [3.8, 4) is 0 Å². The summed E-state index contributed by atoms with van der Waals surface area (Å²) in [6.07, 6.45) is -1.76. The number of oxime groups is 2. The van der Waals surface area contributed by atoms with E-state index in [-0.39, 0.29) is 30.2 Å². The van der Waals surface area contributed by atoms with E-state index in [0.717, 1.165) is 31.4 Å². The van der Waals surface area contributed by atoms with E-state index in [1.54, 1.807) is 31.2 Å². The molecule has 178 valence electrons. The van der Waals surface area contributed by atoms with E-state index in [4.69, 9.17) is 14.4 Å². The zero-order valence-corrected chi connectivity index (χ0v) is 18.8. The molecule has 0 saturated carbocycles. The zero-order valence-electron chi connectivity index (χ0n) is 18.8. The molecule has 33 heavy (non-hydrogen) atoms. The van der Waals surface area contributed by atoms with E-state index in [9.17, 15) is 18.0 Å². The standard InChI is InChI=1S/C24H27F3N2O4/c1-4-5-8-14-32-23(30)22(29-31-3)21-13-7-6-10-19(21)16-33-28-17(2)18-11-9-12-20(15-18)24(25,26)27/h6-7,9-13,15H,4-5,8,14,16H2,1-3H3/b28-17+,29-22+. The molecule has 0 radical (unpaired) electrons. The number of benzene rings is 2. The number of alkyl halides is 3. The summed E-state index contributed by atoms with van der Waals surface area (Å²) in [5.74, 6) is -0.621. The maximum Gasteiger partial charge on any atom is 0.416 e. The summed E-state index contributed by atoms with van der Waals surface area (Å²) in [6, 6.07) is 11.7. The normalized spacial score (nSPS) is 12.4. The maximum atomic E-state index is 12.9. The Balaban J connectivity index is 2.15. The highest BCUT2D eigenvalue weighted by atomic mass is 19.4. The van der Waals surface area contributed by atoms with E-state index in [1.807, 2.05) is 6.92 Å². The highest BCUT2D eigenvalue weighted by molar-refractivity contribution is 6.43. The molecule has 0 aromatic heterocycles. The molecule has 0 spiro atoms. The van der Waals surface area contributed by atoms with Crippen LogP contribution in [0.3, 0.4) is 0 Å². The third kappa shape index (κ3) is 7.93. The van der Waals surface area contributed by atoms with Crippen molar-refractivity contribution in [2.24, 2.45) is 10.3 Å². The first-order chi connectivity index (χ1) is 15.8. The first kappa shape index (κ1) is 25.9. The summed E-state index contributed by atoms with van der Waals surface area (Å²) in [4.78, 5) is 22.7. The molecule has 0 unspecified atom stereocenters. The van der Waals surface area contributed by atoms with Crippen molar-refractivity contribution < 1.29 is 32.4 Å². The number of nitrogens with zero attached hydrogens (tertiary/aromatic N) is 2. The van der Waals surface area contributed by atoms with Crippen LogP contribution in [0.2, 0.25) is 0 Å². The van der Waals surface area contributed by atoms with Gasteiger partial charge in [-0.15, -0.1) is 0 Å². The van der Waals surface area contributed by atoms with E-state index < -0.39 is 17.7 Å². The molecule has 0 aliphatic rings. The molecule has 0 N–H and O–H groups in total. The summed E-state index contributed by atoms with van der Waals surface area (Å²) < 4.78 is 44.1. The smallest absolute Gasteiger partial charge is 0.416 e. The van der Waals surface area contributed by atoms with Crippen molar-refractivity contribution in [3.63, 3.8) is 0 Å². The van der Waals surface area contributed by atoms with Gasteiger partial charge in [-0.1, -0.05) is 66.5 Å². The van der Waals surface area contributed by atoms with Crippen LogP contribution in [0.15, 0.2) is 58.8 Å². The number of halogens is 3. The third-order valence-corrected chi connectivity index (χ3v) is 4.66. The Morgan fingerprint density at radius 2 is 1.79 bits per heavy atom. The predicted octanol–water partition coefficient (Wildman–Crippen LogP) is 5.73. The van der Waals surface area contributed by atoms with Crippen LogP contribution < -0.4 is 0 Å². The minimum Gasteiger partial charge on any atom is -0.461 e. The number of carbonyl (C=O) groups excluding carboxylic acids is 1. The molecule has 0 aliphatic heterocycles. The fourth-order valence-electron chi connectivity index (χ4n) is 2.92. The summed E-state index contributed by atoms with van der Waals surface area (Å²) >= 11 is 0. The van der Waals surface area contributed by atoms with Crippen molar-refractivity contribution in [1.82, 2.24) is 0 Å². The first-order valence-electron chi connectivity index (χ1n) is 10.5. The van der Waals surface area contributed by atoms with Crippen molar-refractivity contribution >= 4 is 17.4 Å². The fourth-order valence-corrected chi connectivity index (χ4v) is 2.92. The van der Waals surface area contributed by atoms with Crippen LogP contribution in [0.4, 0.5) is 13.2 Å². The quantitative estimate of drug-likeness (QED) is 0.184. The molecule has 2 rings (SSSR count). The summed E-state index contributed by atoms with van der Waals surface area (Å²) in [5.41, 5.74) is 0.825. The molecule has 6 nitrogen and oxygen atoms in total. The molecule has 0 fully saturated rings. The van der Waals surface area contributed by atoms with Gasteiger partial charge >= 0.3 is 12.1 Å². The Morgan fingerprint density at radius 1 is 1.03 bits per heavy atom. The number of carbonyl (C=O) groups is 1. The van der Waals surface area contributed by atoms with Gasteiger partial charge in [-0.25, -0.2) is 4.79 Å². The number of hydrogen-bond acceptors (Lipinski definition) is 6. The summed E-state index contributed by atoms with van der Waals surface area (Å²) in [5, 5.41) is 7.76. The molecule has 2 aromatic rings. The Morgan fingerprint density at radius 3 is 2.48 bits per heavy atom. The van der Waals surface area contributed by atoms with Crippen LogP contribution in [-0.4, -0.2) is 31.1 Å². The molecule has 0 heterocycles. The second-order valence-electron chi connectivity index (χ2n) is 7.15. The van der Waals surface area contributed by atoms with E-state index >= 15 is 0 Å². The van der Waals surface area contributed by atoms with Crippen LogP contribution >= 0.6 is 0 Å². The highest BCUT2D eigenvalue weighted by Gasteiger charge is 2.30. The Kier molecular flexibility index (Phi) is 9.90. The molecule has 0 atom stereocenters. The number of unbranched alkanes of at least 4 members (excludes halogenated alkanes) is 2. The van der Waals surface area contributed by atoms with Crippen LogP contribution in [-0.2, 0) is 32.0 Å². The number of esters is 1. The van der Waals surface area contributed by atoms with Gasteiger partial charge in [0.15, 0.2) is 5.71 Å². The molecule has 0 saturated heterocycles. The maximum absolute atomic E-state index is 12.9. The molecular formula is C24H27F3N2O4. The lowest BCUT2D eigenvalue weighted by molar-refractivity contribution is -0.137. The average molecular weight is 464 g/mol. The van der Waals surface area contributed by atoms with Crippen molar-refractivity contribution in [2.45, 2.75) is 45.9 Å². The van der Waals surface area contributed by atoms with Crippen LogP contribution in [0.25, 0.3) is 0 Å². The van der Waals surface area contributed by atoms with Crippen LogP contribution in [0.5, 0.6) is 0 Å². The van der Waals surface area contributed by atoms with E-state index in [0.29, 0.717) is 11.1 Å². The Labute approximate surface area is 191 Å². The molecule has 2 aromatic carbocycles. The van der Waals surface area contributed by atoms with Crippen LogP contribution in [0, 0.1) is 0 Å². The largest absolute Gasteiger partial charge is 0.461 e. The van der Waals surface area contributed by atoms with E-state index in [1.165, 1.54) is 19.2 Å². The van der Waals surface area contributed by atoms with Crippen molar-refractivity contribution in [1.29, 1.82) is 0 Å². The summed E-state index contributed by atoms with van der Waals surface area (Å²) in [7, 11) is 1.33. The van der Waals surface area contributed by atoms with Gasteiger partial charge in [-0.2, -0.15) is 13.2 Å². The molecular weight excluding hydrogens is 437 g/mol. The Bertz CT molecular complexity index is 988. The SMILES string of the molecule is CCCCCOC(=O)/C(=N/OC)c1ccccc1CO/N=C(\C)c1cccc(C(F)(F)F)c1. The second kappa shape index (κ2) is 12.6. The Hall–Kier alpha value is -3.36. The molecule has 0 amide bonds. The minimum absolute atomic E-state index is 0.00761. The van der Waals surface area contributed by atoms with Gasteiger partial charge in [-0.05, 0) is 31.0 Å². The topological polar surface area (TPSA) is 69.5 Å². The lowest BCUT2D eigenvalue weighted by Crippen LogP contribution is -2.21. The molecule has 0 aliphatic carbocycles. The van der Waals surface area contributed by atoms with Gasteiger partial charge in [0.1, 0.15) is 13.7 Å². The van der Waals surface area contributed by atoms with Crippen molar-refractivity contribution in [2.75, 3.05) is 13.7 Å². The number of rotatable bonds is 11. The highest BCUT2D eigenvalue weighted by Crippen LogP contribution is 2.29. The monoisotopic (exact) mass is 464 g/mol. The van der Waals surface area contributed by atoms with Gasteiger partial charge in [0.05, 0.1) is 17.9 Å². The second-order valence-corrected chi connectivity index (χ2v) is 7.15. The average Bonchev–Trinajstić information content (AvgIpc) is 2.80. The van der Waals surface area contributed by atoms with Gasteiger partial charge in [0.2, 0.25) is 0 Å². The molecule has 9 heteroatoms. The third-order valence-electron chi connectivity index (χ3n) is 4.66. The van der Waals surface area contributed by atoms with E-state index in [2.05, 4.69) is 10.3 Å². The predicted molar refractivity (Wildman–Crippen MR) is 119 cm³/mol. The fraction of sp³-hybridized carbons (Fsp3) is 0.375. The van der Waals surface area contributed by atoms with Crippen molar-refractivity contribution in [3.05, 3.63) is 70.8 Å². The summed E-state index contributed by atoms with van der Waals surface area (Å²) in [6.45, 7) is 3.83. The minimum atomic E-state index is -4.45. The zero-order chi connectivity index (χ0) is 24.3. The van der Waals surface area contributed by atoms with Gasteiger partial charge in [-0.3, -0.25) is 0 Å². The van der Waals surface area contributed by atoms with Crippen LogP contribution in [0.1, 0.15) is 55.4 Å². The first-order valence-corrected chi connectivity index (χ1v) is 10.5. The van der Waals surface area contributed by atoms with Gasteiger partial charge in [0.25, 0.3) is 0 Å². The lowest BCUT2D eigenvalue weighted by Gasteiger charge is -2.11. The number of ether oxygens (including phenoxy) is 1. The van der Waals surface area contributed by atoms with Gasteiger partial charge < -0.3 is 14.4 Å².